The first kappa shape index (κ1) is 18.0. The average Bonchev–Trinajstić information content (AvgIpc) is 3.11. The van der Waals surface area contributed by atoms with Crippen LogP contribution in [0.15, 0.2) is 58.7 Å². The first-order chi connectivity index (χ1) is 12.9. The Morgan fingerprint density at radius 3 is 2.59 bits per heavy atom. The molecule has 6 nitrogen and oxygen atoms in total. The quantitative estimate of drug-likeness (QED) is 0.654. The van der Waals surface area contributed by atoms with Gasteiger partial charge in [-0.3, -0.25) is 4.79 Å². The molecule has 9 heteroatoms. The third-order valence-electron chi connectivity index (χ3n) is 4.46. The van der Waals surface area contributed by atoms with Crippen molar-refractivity contribution in [1.29, 1.82) is 0 Å². The molecule has 0 bridgehead atoms. The van der Waals surface area contributed by atoms with E-state index >= 15 is 0 Å². The van der Waals surface area contributed by atoms with Crippen LogP contribution in [0.4, 0.5) is 4.39 Å². The molecule has 1 aliphatic heterocycles. The Kier molecular flexibility index (Phi) is 4.67. The van der Waals surface area contributed by atoms with Gasteiger partial charge in [0.25, 0.3) is 5.56 Å². The summed E-state index contributed by atoms with van der Waals surface area (Å²) in [5, 5.41) is 6.31. The molecule has 2 aromatic heterocycles. The summed E-state index contributed by atoms with van der Waals surface area (Å²) in [5.41, 5.74) is 0.541. The molecule has 0 unspecified atom stereocenters. The number of hydrogen-bond acceptors (Lipinski definition) is 5. The Bertz CT molecular complexity index is 1120. The van der Waals surface area contributed by atoms with E-state index in [2.05, 4.69) is 5.10 Å². The minimum absolute atomic E-state index is 0.135. The molecule has 0 amide bonds. The van der Waals surface area contributed by atoms with E-state index in [9.17, 15) is 17.6 Å². The summed E-state index contributed by atoms with van der Waals surface area (Å²) in [6.45, 7) is 0.301. The Labute approximate surface area is 159 Å². The molecule has 0 radical (unpaired) electrons. The summed E-state index contributed by atoms with van der Waals surface area (Å²) in [6.07, 6.45) is 0. The van der Waals surface area contributed by atoms with Gasteiger partial charge in [-0.1, -0.05) is 24.3 Å². The molecule has 0 spiro atoms. The van der Waals surface area contributed by atoms with Gasteiger partial charge >= 0.3 is 0 Å². The number of thiophene rings is 1. The van der Waals surface area contributed by atoms with Crippen LogP contribution >= 0.6 is 11.3 Å². The highest BCUT2D eigenvalue weighted by atomic mass is 32.2. The zero-order valence-corrected chi connectivity index (χ0v) is 15.8. The molecule has 3 heterocycles. The van der Waals surface area contributed by atoms with Crippen molar-refractivity contribution in [1.82, 2.24) is 14.1 Å². The van der Waals surface area contributed by atoms with E-state index in [4.69, 9.17) is 0 Å². The fraction of sp³-hybridized carbons (Fsp3) is 0.222. The molecule has 4 rings (SSSR count). The zero-order valence-electron chi connectivity index (χ0n) is 14.2. The summed E-state index contributed by atoms with van der Waals surface area (Å²) in [5.74, 6) is -0.941. The van der Waals surface area contributed by atoms with E-state index < -0.39 is 21.6 Å². The fourth-order valence-electron chi connectivity index (χ4n) is 2.94. The van der Waals surface area contributed by atoms with Gasteiger partial charge in [0.15, 0.2) is 0 Å². The third kappa shape index (κ3) is 3.58. The Hall–Kier alpha value is -2.36. The van der Waals surface area contributed by atoms with Gasteiger partial charge in [0.2, 0.25) is 10.0 Å². The molecule has 140 valence electrons. The summed E-state index contributed by atoms with van der Waals surface area (Å²) >= 11 is 1.52. The van der Waals surface area contributed by atoms with E-state index in [1.807, 2.05) is 17.5 Å². The molecule has 27 heavy (non-hydrogen) atoms. The molecule has 1 saturated heterocycles. The maximum Gasteiger partial charge on any atom is 0.267 e. The Morgan fingerprint density at radius 2 is 1.89 bits per heavy atom. The number of hydrogen-bond donors (Lipinski definition) is 0. The molecule has 0 atom stereocenters. The maximum absolute atomic E-state index is 13.7. The SMILES string of the molecule is O=c1ccc(-c2cccs2)nn1C1CN(S(=O)(=O)Cc2ccccc2F)C1. The number of halogens is 1. The number of nitrogens with zero attached hydrogens (tertiary/aromatic N) is 3. The fourth-order valence-corrected chi connectivity index (χ4v) is 5.24. The second-order valence-electron chi connectivity index (χ2n) is 6.30. The van der Waals surface area contributed by atoms with Crippen LogP contribution in [-0.4, -0.2) is 35.6 Å². The Balaban J connectivity index is 1.50. The minimum Gasteiger partial charge on any atom is -0.268 e. The van der Waals surface area contributed by atoms with Crippen molar-refractivity contribution < 1.29 is 12.8 Å². The van der Waals surface area contributed by atoms with Crippen LogP contribution in [0.2, 0.25) is 0 Å². The van der Waals surface area contributed by atoms with Crippen molar-refractivity contribution in [3.63, 3.8) is 0 Å². The summed E-state index contributed by atoms with van der Waals surface area (Å²) in [7, 11) is -3.65. The van der Waals surface area contributed by atoms with Crippen molar-refractivity contribution in [2.75, 3.05) is 13.1 Å². The van der Waals surface area contributed by atoms with E-state index in [0.29, 0.717) is 5.69 Å². The molecule has 1 aliphatic rings. The molecule has 0 saturated carbocycles. The van der Waals surface area contributed by atoms with Crippen molar-refractivity contribution in [3.8, 4) is 10.6 Å². The highest BCUT2D eigenvalue weighted by molar-refractivity contribution is 7.88. The molecule has 3 aromatic rings. The lowest BCUT2D eigenvalue weighted by Crippen LogP contribution is -2.53. The molecular formula is C18H16FN3O3S2. The highest BCUT2D eigenvalue weighted by Gasteiger charge is 2.38. The van der Waals surface area contributed by atoms with Crippen molar-refractivity contribution in [2.24, 2.45) is 0 Å². The van der Waals surface area contributed by atoms with Crippen molar-refractivity contribution in [2.45, 2.75) is 11.8 Å². The smallest absolute Gasteiger partial charge is 0.267 e. The van der Waals surface area contributed by atoms with Gasteiger partial charge in [0, 0.05) is 24.7 Å². The van der Waals surface area contributed by atoms with Crippen LogP contribution in [0, 0.1) is 5.82 Å². The van der Waals surface area contributed by atoms with Gasteiger partial charge in [0.1, 0.15) is 11.5 Å². The molecule has 0 aliphatic carbocycles. The van der Waals surface area contributed by atoms with E-state index in [1.54, 1.807) is 12.1 Å². The summed E-state index contributed by atoms with van der Waals surface area (Å²) < 4.78 is 41.3. The minimum atomic E-state index is -3.65. The van der Waals surface area contributed by atoms with Crippen LogP contribution in [0.25, 0.3) is 10.6 Å². The van der Waals surface area contributed by atoms with Crippen molar-refractivity contribution in [3.05, 3.63) is 75.6 Å². The monoisotopic (exact) mass is 405 g/mol. The van der Waals surface area contributed by atoms with E-state index in [1.165, 1.54) is 44.6 Å². The standard InChI is InChI=1S/C18H16FN3O3S2/c19-15-5-2-1-4-13(15)12-27(24,25)21-10-14(11-21)22-18(23)8-7-16(20-22)17-6-3-9-26-17/h1-9,14H,10-12H2. The van der Waals surface area contributed by atoms with Gasteiger partial charge in [-0.05, 0) is 23.6 Å². The normalized spacial score (nSPS) is 15.6. The third-order valence-corrected chi connectivity index (χ3v) is 7.12. The zero-order chi connectivity index (χ0) is 19.0. The van der Waals surface area contributed by atoms with Gasteiger partial charge in [-0.2, -0.15) is 9.40 Å². The summed E-state index contributed by atoms with van der Waals surface area (Å²) in [6, 6.07) is 12.4. The second-order valence-corrected chi connectivity index (χ2v) is 9.21. The van der Waals surface area contributed by atoms with Crippen LogP contribution in [0.1, 0.15) is 11.6 Å². The number of aromatic nitrogens is 2. The predicted molar refractivity (Wildman–Crippen MR) is 101 cm³/mol. The molecule has 1 aromatic carbocycles. The predicted octanol–water partition coefficient (Wildman–Crippen LogP) is 2.50. The lowest BCUT2D eigenvalue weighted by atomic mass is 10.2. The van der Waals surface area contributed by atoms with Crippen LogP contribution in [0.5, 0.6) is 0 Å². The van der Waals surface area contributed by atoms with Gasteiger partial charge < -0.3 is 0 Å². The van der Waals surface area contributed by atoms with Gasteiger partial charge in [-0.15, -0.1) is 11.3 Å². The first-order valence-electron chi connectivity index (χ1n) is 8.29. The largest absolute Gasteiger partial charge is 0.268 e. The molecule has 0 N–H and O–H groups in total. The second kappa shape index (κ2) is 6.99. The lowest BCUT2D eigenvalue weighted by molar-refractivity contribution is 0.185. The number of rotatable bonds is 5. The Morgan fingerprint density at radius 1 is 1.11 bits per heavy atom. The number of sulfonamides is 1. The van der Waals surface area contributed by atoms with Gasteiger partial charge in [-0.25, -0.2) is 17.5 Å². The molecule has 1 fully saturated rings. The van der Waals surface area contributed by atoms with Crippen LogP contribution in [-0.2, 0) is 15.8 Å². The van der Waals surface area contributed by atoms with E-state index in [-0.39, 0.29) is 30.3 Å². The summed E-state index contributed by atoms with van der Waals surface area (Å²) in [4.78, 5) is 13.1. The van der Waals surface area contributed by atoms with Crippen molar-refractivity contribution >= 4 is 21.4 Å². The maximum atomic E-state index is 13.7. The van der Waals surface area contributed by atoms with Crippen LogP contribution < -0.4 is 5.56 Å². The van der Waals surface area contributed by atoms with Gasteiger partial charge in [0.05, 0.1) is 16.7 Å². The van der Waals surface area contributed by atoms with E-state index in [0.717, 1.165) is 4.88 Å². The highest BCUT2D eigenvalue weighted by Crippen LogP contribution is 2.27. The average molecular weight is 405 g/mol. The van der Waals surface area contributed by atoms with Crippen LogP contribution in [0.3, 0.4) is 0 Å². The molecular weight excluding hydrogens is 389 g/mol. The first-order valence-corrected chi connectivity index (χ1v) is 10.8. The number of benzene rings is 1. The lowest BCUT2D eigenvalue weighted by Gasteiger charge is -2.38. The topological polar surface area (TPSA) is 72.3 Å².